The topological polar surface area (TPSA) is 84.2 Å². The molecule has 4 N–H and O–H groups in total. The molecule has 3 amide bonds. The lowest BCUT2D eigenvalue weighted by Crippen LogP contribution is -2.44. The van der Waals surface area contributed by atoms with Crippen LogP contribution in [0.5, 0.6) is 0 Å². The molecule has 0 saturated heterocycles. The van der Waals surface area contributed by atoms with Gasteiger partial charge >= 0.3 is 6.03 Å². The molecule has 1 aliphatic rings. The van der Waals surface area contributed by atoms with E-state index in [2.05, 4.69) is 10.6 Å². The third kappa shape index (κ3) is 6.14. The van der Waals surface area contributed by atoms with Crippen molar-refractivity contribution >= 4 is 36.3 Å². The minimum atomic E-state index is -1.28. The molecule has 0 aliphatic heterocycles. The minimum Gasteiger partial charge on any atom is -0.364 e. The first kappa shape index (κ1) is 18.8. The quantitative estimate of drug-likeness (QED) is 0.582. The number of rotatable bonds is 6. The number of hydrogen-bond donors (Lipinski definition) is 3. The molecule has 2 rings (SSSR count). The number of nitrogens with two attached hydrogens (primary N) is 1. The zero-order valence-electron chi connectivity index (χ0n) is 13.1. The number of primary amides is 1. The average molecular weight is 451 g/mol. The van der Waals surface area contributed by atoms with Gasteiger partial charge in [-0.05, 0) is 24.5 Å². The SMILES string of the molecule is NC(=O)C(NC(=O)NCCC1CCCC1)=Ic1cc(F)cc(F)c1. The van der Waals surface area contributed by atoms with E-state index in [1.54, 1.807) is 0 Å². The summed E-state index contributed by atoms with van der Waals surface area (Å²) in [6.45, 7) is 0.523. The maximum Gasteiger partial charge on any atom is 0.319 e. The molecule has 1 aromatic rings. The molecule has 0 spiro atoms. The van der Waals surface area contributed by atoms with Gasteiger partial charge in [-0.2, -0.15) is 0 Å². The second kappa shape index (κ2) is 9.05. The number of carbonyl (C=O) groups excluding carboxylic acids is 2. The summed E-state index contributed by atoms with van der Waals surface area (Å²) >= 11 is -1.28. The van der Waals surface area contributed by atoms with Crippen molar-refractivity contribution in [3.05, 3.63) is 33.4 Å². The zero-order valence-corrected chi connectivity index (χ0v) is 15.2. The maximum atomic E-state index is 13.2. The van der Waals surface area contributed by atoms with Gasteiger partial charge in [-0.25, -0.2) is 13.6 Å². The molecule has 0 aromatic heterocycles. The van der Waals surface area contributed by atoms with Crippen LogP contribution in [0.1, 0.15) is 32.1 Å². The Bertz CT molecular complexity index is 626. The van der Waals surface area contributed by atoms with Gasteiger partial charge in [-0.1, -0.05) is 46.4 Å². The molecule has 1 fully saturated rings. The smallest absolute Gasteiger partial charge is 0.319 e. The largest absolute Gasteiger partial charge is 0.364 e. The molecule has 132 valence electrons. The van der Waals surface area contributed by atoms with Crippen LogP contribution in [0.25, 0.3) is 0 Å². The van der Waals surface area contributed by atoms with E-state index in [1.165, 1.54) is 25.7 Å². The summed E-state index contributed by atoms with van der Waals surface area (Å²) < 4.78 is 26.7. The van der Waals surface area contributed by atoms with Crippen LogP contribution in [-0.4, -0.2) is 22.1 Å². The van der Waals surface area contributed by atoms with Crippen molar-refractivity contribution in [2.24, 2.45) is 11.7 Å². The highest BCUT2D eigenvalue weighted by molar-refractivity contribution is 14.2. The second-order valence-corrected chi connectivity index (χ2v) is 8.54. The van der Waals surface area contributed by atoms with Crippen LogP contribution in [-0.2, 0) is 4.79 Å². The number of carbonyl (C=O) groups is 2. The van der Waals surface area contributed by atoms with Crippen LogP contribution in [0, 0.1) is 21.1 Å². The molecule has 5 nitrogen and oxygen atoms in total. The first-order chi connectivity index (χ1) is 11.4. The Morgan fingerprint density at radius 1 is 1.17 bits per heavy atom. The van der Waals surface area contributed by atoms with Crippen LogP contribution in [0.4, 0.5) is 13.6 Å². The molecule has 0 heterocycles. The standard InChI is InChI=1S/C16H20F2IN3O2/c17-11-7-12(18)9-13(8-11)19-14(15(20)23)22-16(24)21-6-5-10-3-1-2-4-10/h7-10H,1-6H2,(H2,20,23)(H2,21,22,24). The van der Waals surface area contributed by atoms with E-state index in [0.29, 0.717) is 16.0 Å². The van der Waals surface area contributed by atoms with Crippen molar-refractivity contribution in [3.63, 3.8) is 0 Å². The van der Waals surface area contributed by atoms with Crippen molar-refractivity contribution in [2.45, 2.75) is 32.1 Å². The summed E-state index contributed by atoms with van der Waals surface area (Å²) in [4.78, 5) is 23.3. The van der Waals surface area contributed by atoms with E-state index in [0.717, 1.165) is 24.6 Å². The molecule has 0 bridgehead atoms. The molecule has 0 radical (unpaired) electrons. The van der Waals surface area contributed by atoms with E-state index in [1.807, 2.05) is 0 Å². The van der Waals surface area contributed by atoms with Gasteiger partial charge in [-0.3, -0.25) is 10.1 Å². The number of halogens is 3. The van der Waals surface area contributed by atoms with Crippen LogP contribution in [0.2, 0.25) is 0 Å². The third-order valence-electron chi connectivity index (χ3n) is 3.78. The van der Waals surface area contributed by atoms with Gasteiger partial charge in [-0.15, -0.1) is 0 Å². The summed E-state index contributed by atoms with van der Waals surface area (Å²) in [7, 11) is 0. The monoisotopic (exact) mass is 451 g/mol. The summed E-state index contributed by atoms with van der Waals surface area (Å²) in [5, 5.41) is 5.12. The first-order valence-electron chi connectivity index (χ1n) is 7.76. The Kier molecular flexibility index (Phi) is 7.07. The maximum absolute atomic E-state index is 13.2. The molecular formula is C16H20F2IN3O2. The predicted molar refractivity (Wildman–Crippen MR) is 96.4 cm³/mol. The van der Waals surface area contributed by atoms with E-state index in [-0.39, 0.29) is 3.63 Å². The Morgan fingerprint density at radius 3 is 2.38 bits per heavy atom. The number of hydrogen-bond acceptors (Lipinski definition) is 2. The second-order valence-electron chi connectivity index (χ2n) is 5.68. The van der Waals surface area contributed by atoms with E-state index in [9.17, 15) is 18.4 Å². The van der Waals surface area contributed by atoms with Crippen LogP contribution in [0.3, 0.4) is 0 Å². The predicted octanol–water partition coefficient (Wildman–Crippen LogP) is 2.60. The Labute approximate surface area is 149 Å². The van der Waals surface area contributed by atoms with Gasteiger partial charge in [0.05, 0.1) is 0 Å². The van der Waals surface area contributed by atoms with E-state index < -0.39 is 44.3 Å². The first-order valence-corrected chi connectivity index (χ1v) is 9.92. The van der Waals surface area contributed by atoms with Gasteiger partial charge in [0.15, 0.2) is 0 Å². The van der Waals surface area contributed by atoms with Gasteiger partial charge in [0.25, 0.3) is 5.91 Å². The molecular weight excluding hydrogens is 431 g/mol. The van der Waals surface area contributed by atoms with Gasteiger partial charge < -0.3 is 11.1 Å². The van der Waals surface area contributed by atoms with Crippen molar-refractivity contribution < 1.29 is 18.4 Å². The summed E-state index contributed by atoms with van der Waals surface area (Å²) in [6.07, 6.45) is 5.77. The molecule has 0 unspecified atom stereocenters. The molecule has 1 aliphatic carbocycles. The fraction of sp³-hybridized carbons (Fsp3) is 0.438. The zero-order chi connectivity index (χ0) is 17.5. The fourth-order valence-electron chi connectivity index (χ4n) is 2.65. The van der Waals surface area contributed by atoms with Crippen molar-refractivity contribution in [1.82, 2.24) is 10.6 Å². The van der Waals surface area contributed by atoms with Crippen LogP contribution < -0.4 is 16.4 Å². The van der Waals surface area contributed by atoms with E-state index >= 15 is 0 Å². The van der Waals surface area contributed by atoms with E-state index in [4.69, 9.17) is 5.73 Å². The molecule has 0 atom stereocenters. The lowest BCUT2D eigenvalue weighted by Gasteiger charge is -2.11. The van der Waals surface area contributed by atoms with Crippen LogP contribution in [0.15, 0.2) is 18.2 Å². The lowest BCUT2D eigenvalue weighted by molar-refractivity contribution is -0.111. The highest BCUT2D eigenvalue weighted by Gasteiger charge is 2.15. The Morgan fingerprint density at radius 2 is 1.79 bits per heavy atom. The Balaban J connectivity index is 1.93. The lowest BCUT2D eigenvalue weighted by atomic mass is 10.0. The van der Waals surface area contributed by atoms with Crippen molar-refractivity contribution in [3.8, 4) is 0 Å². The molecule has 8 heteroatoms. The fourth-order valence-corrected chi connectivity index (χ4v) is 4.82. The average Bonchev–Trinajstić information content (AvgIpc) is 2.98. The molecule has 1 aromatic carbocycles. The van der Waals surface area contributed by atoms with Crippen molar-refractivity contribution in [2.75, 3.05) is 6.54 Å². The number of benzene rings is 1. The highest BCUT2D eigenvalue weighted by Crippen LogP contribution is 2.26. The summed E-state index contributed by atoms with van der Waals surface area (Å²) in [5.41, 5.74) is 5.26. The van der Waals surface area contributed by atoms with Gasteiger partial charge in [0, 0.05) is 16.2 Å². The van der Waals surface area contributed by atoms with Gasteiger partial charge in [0.1, 0.15) is 15.3 Å². The summed E-state index contributed by atoms with van der Waals surface area (Å²) in [5.74, 6) is -1.60. The number of nitrogens with one attached hydrogen (secondary N) is 2. The number of amides is 3. The third-order valence-corrected chi connectivity index (χ3v) is 6.37. The van der Waals surface area contributed by atoms with Crippen LogP contribution >= 0.6 is 20.7 Å². The Hall–Kier alpha value is -1.58. The summed E-state index contributed by atoms with van der Waals surface area (Å²) in [6, 6.07) is 2.51. The molecule has 1 saturated carbocycles. The van der Waals surface area contributed by atoms with Crippen molar-refractivity contribution in [1.29, 1.82) is 0 Å². The normalized spacial score (nSPS) is 15.7. The minimum absolute atomic E-state index is 0.00262. The molecule has 24 heavy (non-hydrogen) atoms. The van der Waals surface area contributed by atoms with Gasteiger partial charge in [0.2, 0.25) is 0 Å². The highest BCUT2D eigenvalue weighted by atomic mass is 127. The number of urea groups is 1.